The summed E-state index contributed by atoms with van der Waals surface area (Å²) in [4.78, 5) is 11.9. The second-order valence-electron chi connectivity index (χ2n) is 6.11. The maximum absolute atomic E-state index is 12.7. The number of carbonyl (C=O) groups excluding carboxylic acids is 1. The van der Waals surface area contributed by atoms with Crippen LogP contribution < -0.4 is 10.6 Å². The molecule has 2 aromatic carbocycles. The maximum Gasteiger partial charge on any atom is 0.416 e. The highest BCUT2D eigenvalue weighted by Gasteiger charge is 2.30. The molecule has 0 saturated heterocycles. The Morgan fingerprint density at radius 2 is 1.69 bits per heavy atom. The highest BCUT2D eigenvalue weighted by molar-refractivity contribution is 5.94. The van der Waals surface area contributed by atoms with E-state index in [0.717, 1.165) is 30.5 Å². The molecule has 0 fully saturated rings. The van der Waals surface area contributed by atoms with Crippen molar-refractivity contribution in [2.45, 2.75) is 39.0 Å². The Balaban J connectivity index is 1.84. The molecule has 0 aliphatic rings. The van der Waals surface area contributed by atoms with E-state index in [1.165, 1.54) is 6.07 Å². The highest BCUT2D eigenvalue weighted by atomic mass is 19.4. The van der Waals surface area contributed by atoms with Crippen molar-refractivity contribution in [1.82, 2.24) is 10.6 Å². The summed E-state index contributed by atoms with van der Waals surface area (Å²) >= 11 is 0. The zero-order chi connectivity index (χ0) is 19.0. The van der Waals surface area contributed by atoms with Crippen LogP contribution in [-0.2, 0) is 19.3 Å². The molecule has 0 bridgehead atoms. The van der Waals surface area contributed by atoms with Gasteiger partial charge in [0.05, 0.1) is 5.56 Å². The Kier molecular flexibility index (Phi) is 7.21. The summed E-state index contributed by atoms with van der Waals surface area (Å²) in [6, 6.07) is 12.5. The fourth-order valence-electron chi connectivity index (χ4n) is 2.46. The van der Waals surface area contributed by atoms with Crippen molar-refractivity contribution in [3.05, 3.63) is 70.8 Å². The third kappa shape index (κ3) is 6.19. The van der Waals surface area contributed by atoms with Crippen molar-refractivity contribution in [1.29, 1.82) is 0 Å². The number of nitrogens with one attached hydrogen (secondary N) is 2. The topological polar surface area (TPSA) is 41.1 Å². The van der Waals surface area contributed by atoms with Gasteiger partial charge in [-0.3, -0.25) is 4.79 Å². The Bertz CT molecular complexity index is 712. The molecule has 0 aliphatic heterocycles. The van der Waals surface area contributed by atoms with Crippen molar-refractivity contribution < 1.29 is 18.0 Å². The first kappa shape index (κ1) is 20.0. The number of alkyl halides is 3. The first-order chi connectivity index (χ1) is 12.4. The van der Waals surface area contributed by atoms with Gasteiger partial charge in [-0.05, 0) is 35.7 Å². The first-order valence-electron chi connectivity index (χ1n) is 8.64. The zero-order valence-electron chi connectivity index (χ0n) is 14.7. The summed E-state index contributed by atoms with van der Waals surface area (Å²) in [5, 5.41) is 5.97. The van der Waals surface area contributed by atoms with Crippen molar-refractivity contribution in [3.8, 4) is 0 Å². The molecule has 0 saturated carbocycles. The standard InChI is InChI=1S/C20H23F3N2O/c1-2-3-11-25-19(26)17-9-7-15(8-10-17)13-24-14-16-5-4-6-18(12-16)20(21,22)23/h4-10,12,24H,2-3,11,13-14H2,1H3,(H,25,26). The third-order valence-corrected chi connectivity index (χ3v) is 3.94. The number of amides is 1. The molecule has 0 radical (unpaired) electrons. The molecule has 2 N–H and O–H groups in total. The molecule has 3 nitrogen and oxygen atoms in total. The summed E-state index contributed by atoms with van der Waals surface area (Å²) in [7, 11) is 0. The fourth-order valence-corrected chi connectivity index (χ4v) is 2.46. The fraction of sp³-hybridized carbons (Fsp3) is 0.350. The van der Waals surface area contributed by atoms with Crippen LogP contribution in [0, 0.1) is 0 Å². The Hall–Kier alpha value is -2.34. The Morgan fingerprint density at radius 1 is 1.00 bits per heavy atom. The number of unbranched alkanes of at least 4 members (excludes halogenated alkanes) is 1. The number of hydrogen-bond donors (Lipinski definition) is 2. The van der Waals surface area contributed by atoms with E-state index in [-0.39, 0.29) is 5.91 Å². The van der Waals surface area contributed by atoms with Crippen molar-refractivity contribution in [2.75, 3.05) is 6.54 Å². The normalized spacial score (nSPS) is 11.4. The zero-order valence-corrected chi connectivity index (χ0v) is 14.7. The van der Waals surface area contributed by atoms with Gasteiger partial charge in [-0.25, -0.2) is 0 Å². The van der Waals surface area contributed by atoms with E-state index < -0.39 is 11.7 Å². The number of hydrogen-bond acceptors (Lipinski definition) is 2. The molecule has 140 valence electrons. The second kappa shape index (κ2) is 9.38. The van der Waals surface area contributed by atoms with Crippen LogP contribution in [0.25, 0.3) is 0 Å². The van der Waals surface area contributed by atoms with Gasteiger partial charge >= 0.3 is 6.18 Å². The monoisotopic (exact) mass is 364 g/mol. The van der Waals surface area contributed by atoms with E-state index in [0.29, 0.717) is 30.8 Å². The molecule has 0 atom stereocenters. The van der Waals surface area contributed by atoms with Crippen LogP contribution in [0.3, 0.4) is 0 Å². The quantitative estimate of drug-likeness (QED) is 0.676. The minimum absolute atomic E-state index is 0.0954. The lowest BCUT2D eigenvalue weighted by atomic mass is 10.1. The smallest absolute Gasteiger partial charge is 0.352 e. The lowest BCUT2D eigenvalue weighted by Gasteiger charge is -2.10. The van der Waals surface area contributed by atoms with Crippen molar-refractivity contribution >= 4 is 5.91 Å². The average molecular weight is 364 g/mol. The van der Waals surface area contributed by atoms with Gasteiger partial charge in [0.15, 0.2) is 0 Å². The van der Waals surface area contributed by atoms with E-state index in [2.05, 4.69) is 17.6 Å². The van der Waals surface area contributed by atoms with Crippen LogP contribution in [0.5, 0.6) is 0 Å². The van der Waals surface area contributed by atoms with Crippen molar-refractivity contribution in [2.24, 2.45) is 0 Å². The molecule has 0 spiro atoms. The van der Waals surface area contributed by atoms with Crippen molar-refractivity contribution in [3.63, 3.8) is 0 Å². The Morgan fingerprint density at radius 3 is 2.35 bits per heavy atom. The van der Waals surface area contributed by atoms with Crippen LogP contribution in [-0.4, -0.2) is 12.5 Å². The summed E-state index contributed by atoms with van der Waals surface area (Å²) in [5.74, 6) is -0.0954. The van der Waals surface area contributed by atoms with E-state index in [1.54, 1.807) is 18.2 Å². The van der Waals surface area contributed by atoms with Crippen LogP contribution >= 0.6 is 0 Å². The molecule has 0 aromatic heterocycles. The molecule has 6 heteroatoms. The molecule has 0 unspecified atom stereocenters. The van der Waals surface area contributed by atoms with E-state index in [4.69, 9.17) is 0 Å². The first-order valence-corrected chi connectivity index (χ1v) is 8.64. The molecule has 1 amide bonds. The largest absolute Gasteiger partial charge is 0.416 e. The van der Waals surface area contributed by atoms with E-state index in [9.17, 15) is 18.0 Å². The van der Waals surface area contributed by atoms with Gasteiger partial charge < -0.3 is 10.6 Å². The minimum Gasteiger partial charge on any atom is -0.352 e. The predicted octanol–water partition coefficient (Wildman–Crippen LogP) is 4.53. The third-order valence-electron chi connectivity index (χ3n) is 3.94. The highest BCUT2D eigenvalue weighted by Crippen LogP contribution is 2.29. The second-order valence-corrected chi connectivity index (χ2v) is 6.11. The average Bonchev–Trinajstić information content (AvgIpc) is 2.62. The lowest BCUT2D eigenvalue weighted by molar-refractivity contribution is -0.137. The Labute approximate surface area is 151 Å². The van der Waals surface area contributed by atoms with Gasteiger partial charge in [-0.15, -0.1) is 0 Å². The summed E-state index contributed by atoms with van der Waals surface area (Å²) in [6.07, 6.45) is -2.36. The van der Waals surface area contributed by atoms with Gasteiger partial charge in [0.1, 0.15) is 0 Å². The van der Waals surface area contributed by atoms with Crippen LogP contribution in [0.2, 0.25) is 0 Å². The summed E-state index contributed by atoms with van der Waals surface area (Å²) < 4.78 is 38.1. The number of halogens is 3. The maximum atomic E-state index is 12.7. The number of rotatable bonds is 8. The molecule has 2 rings (SSSR count). The van der Waals surface area contributed by atoms with Gasteiger partial charge in [-0.2, -0.15) is 13.2 Å². The molecule has 26 heavy (non-hydrogen) atoms. The lowest BCUT2D eigenvalue weighted by Crippen LogP contribution is -2.24. The molecular weight excluding hydrogens is 341 g/mol. The SMILES string of the molecule is CCCCNC(=O)c1ccc(CNCc2cccc(C(F)(F)F)c2)cc1. The van der Waals surface area contributed by atoms with Crippen LogP contribution in [0.15, 0.2) is 48.5 Å². The van der Waals surface area contributed by atoms with Gasteiger partial charge in [0.2, 0.25) is 0 Å². The van der Waals surface area contributed by atoms with Gasteiger partial charge in [0.25, 0.3) is 5.91 Å². The van der Waals surface area contributed by atoms with E-state index >= 15 is 0 Å². The van der Waals surface area contributed by atoms with E-state index in [1.807, 2.05) is 12.1 Å². The van der Waals surface area contributed by atoms with Gasteiger partial charge in [0, 0.05) is 25.2 Å². The number of carbonyl (C=O) groups is 1. The number of benzene rings is 2. The molecule has 0 heterocycles. The van der Waals surface area contributed by atoms with Crippen LogP contribution in [0.4, 0.5) is 13.2 Å². The minimum atomic E-state index is -4.33. The van der Waals surface area contributed by atoms with Crippen LogP contribution in [0.1, 0.15) is 46.8 Å². The summed E-state index contributed by atoms with van der Waals surface area (Å²) in [5.41, 5.74) is 1.49. The molecule has 0 aliphatic carbocycles. The van der Waals surface area contributed by atoms with Gasteiger partial charge in [-0.1, -0.05) is 43.7 Å². The molecule has 2 aromatic rings. The predicted molar refractivity (Wildman–Crippen MR) is 95.7 cm³/mol. The molecular formula is C20H23F3N2O. The summed E-state index contributed by atoms with van der Waals surface area (Å²) in [6.45, 7) is 3.57.